The van der Waals surface area contributed by atoms with Gasteiger partial charge >= 0.3 is 6.18 Å². The minimum absolute atomic E-state index is 0.0296. The Kier molecular flexibility index (Phi) is 5.61. The normalized spacial score (nSPS) is 16.6. The van der Waals surface area contributed by atoms with Gasteiger partial charge in [-0.05, 0) is 30.5 Å². The van der Waals surface area contributed by atoms with E-state index in [1.54, 1.807) is 0 Å². The minimum atomic E-state index is -4.43. The van der Waals surface area contributed by atoms with Gasteiger partial charge in [0.2, 0.25) is 11.7 Å². The zero-order chi connectivity index (χ0) is 21.3. The van der Waals surface area contributed by atoms with Crippen molar-refractivity contribution in [2.45, 2.75) is 19.1 Å². The quantitative estimate of drug-likeness (QED) is 0.609. The largest absolute Gasteiger partial charge is 0.416 e. The van der Waals surface area contributed by atoms with Gasteiger partial charge in [0.1, 0.15) is 0 Å². The Bertz CT molecular complexity index is 1010. The molecule has 0 bridgehead atoms. The van der Waals surface area contributed by atoms with Crippen molar-refractivity contribution in [3.8, 4) is 11.4 Å². The van der Waals surface area contributed by atoms with Crippen LogP contribution in [0.2, 0.25) is 0 Å². The highest BCUT2D eigenvalue weighted by Crippen LogP contribution is 2.32. The molecule has 0 radical (unpaired) electrons. The van der Waals surface area contributed by atoms with Crippen LogP contribution in [0.1, 0.15) is 34.1 Å². The third-order valence-electron chi connectivity index (χ3n) is 5.13. The third-order valence-corrected chi connectivity index (χ3v) is 5.99. The average molecular weight is 436 g/mol. The molecule has 2 aromatic heterocycles. The molecule has 10 heteroatoms. The number of nitrogens with zero attached hydrogens (tertiary/aromatic N) is 4. The van der Waals surface area contributed by atoms with Crippen LogP contribution in [0.25, 0.3) is 11.4 Å². The molecule has 6 nitrogen and oxygen atoms in total. The molecule has 1 aliphatic rings. The predicted octanol–water partition coefficient (Wildman–Crippen LogP) is 4.34. The Morgan fingerprint density at radius 2 is 1.93 bits per heavy atom. The number of hydrogen-bond acceptors (Lipinski definition) is 6. The molecule has 1 aromatic carbocycles. The van der Waals surface area contributed by atoms with Crippen molar-refractivity contribution in [1.29, 1.82) is 0 Å². The number of rotatable bonds is 4. The summed E-state index contributed by atoms with van der Waals surface area (Å²) in [4.78, 5) is 21.4. The molecule has 1 atom stereocenters. The van der Waals surface area contributed by atoms with Gasteiger partial charge in [0, 0.05) is 31.7 Å². The van der Waals surface area contributed by atoms with Crippen LogP contribution in [0, 0.1) is 0 Å². The highest BCUT2D eigenvalue weighted by molar-refractivity contribution is 7.12. The molecule has 158 valence electrons. The fourth-order valence-corrected chi connectivity index (χ4v) is 4.07. The van der Waals surface area contributed by atoms with E-state index in [1.807, 2.05) is 29.3 Å². The predicted molar refractivity (Wildman–Crippen MR) is 105 cm³/mol. The lowest BCUT2D eigenvalue weighted by atomic mass is 10.1. The first-order valence-corrected chi connectivity index (χ1v) is 10.3. The molecule has 1 amide bonds. The Hall–Kier alpha value is -2.72. The number of hydrogen-bond donors (Lipinski definition) is 0. The summed E-state index contributed by atoms with van der Waals surface area (Å²) in [6.45, 7) is 4.34. The molecule has 3 aromatic rings. The molecule has 0 aliphatic carbocycles. The Labute approximate surface area is 174 Å². The van der Waals surface area contributed by atoms with Crippen LogP contribution in [0.3, 0.4) is 0 Å². The number of amides is 1. The second kappa shape index (κ2) is 8.19. The second-order valence-electron chi connectivity index (χ2n) is 7.02. The number of carbonyl (C=O) groups excluding carboxylic acids is 1. The van der Waals surface area contributed by atoms with Gasteiger partial charge in [0.25, 0.3) is 5.91 Å². The fraction of sp³-hybridized carbons (Fsp3) is 0.350. The van der Waals surface area contributed by atoms with Gasteiger partial charge in [0.05, 0.1) is 16.5 Å². The molecule has 4 rings (SSSR count). The smallest absolute Gasteiger partial charge is 0.337 e. The van der Waals surface area contributed by atoms with E-state index in [4.69, 9.17) is 4.52 Å². The van der Waals surface area contributed by atoms with Crippen LogP contribution in [0.5, 0.6) is 0 Å². The second-order valence-corrected chi connectivity index (χ2v) is 7.96. The van der Waals surface area contributed by atoms with E-state index in [9.17, 15) is 18.0 Å². The van der Waals surface area contributed by atoms with Crippen molar-refractivity contribution >= 4 is 17.2 Å². The van der Waals surface area contributed by atoms with Crippen LogP contribution < -0.4 is 0 Å². The zero-order valence-electron chi connectivity index (χ0n) is 16.1. The average Bonchev–Trinajstić information content (AvgIpc) is 3.45. The van der Waals surface area contributed by atoms with Crippen LogP contribution in [0.15, 0.2) is 46.3 Å². The molecule has 0 saturated carbocycles. The van der Waals surface area contributed by atoms with E-state index in [2.05, 4.69) is 15.0 Å². The third kappa shape index (κ3) is 4.24. The fourth-order valence-electron chi connectivity index (χ4n) is 3.38. The van der Waals surface area contributed by atoms with Crippen molar-refractivity contribution in [3.63, 3.8) is 0 Å². The summed E-state index contributed by atoms with van der Waals surface area (Å²) < 4.78 is 44.1. The van der Waals surface area contributed by atoms with E-state index in [0.717, 1.165) is 17.0 Å². The number of aromatic nitrogens is 2. The van der Waals surface area contributed by atoms with Gasteiger partial charge in [-0.2, -0.15) is 18.2 Å². The Morgan fingerprint density at radius 1 is 1.17 bits per heavy atom. The van der Waals surface area contributed by atoms with Gasteiger partial charge in [-0.25, -0.2) is 0 Å². The summed E-state index contributed by atoms with van der Waals surface area (Å²) >= 11 is 1.42. The SMILES string of the molecule is CC(c1nc(-c2cccc(C(F)(F)F)c2)no1)N1CCN(C(=O)c2cccs2)CC1. The lowest BCUT2D eigenvalue weighted by molar-refractivity contribution is -0.137. The summed E-state index contributed by atoms with van der Waals surface area (Å²) in [6, 6.07) is 8.31. The summed E-state index contributed by atoms with van der Waals surface area (Å²) in [7, 11) is 0. The van der Waals surface area contributed by atoms with Crippen molar-refractivity contribution in [2.75, 3.05) is 26.2 Å². The minimum Gasteiger partial charge on any atom is -0.337 e. The standard InChI is InChI=1S/C20H19F3N4O2S/c1-13(26-7-9-27(10-8-26)19(28)16-6-3-11-30-16)18-24-17(25-29-18)14-4-2-5-15(12-14)20(21,22)23/h2-6,11-13H,7-10H2,1H3. The molecular weight excluding hydrogens is 417 g/mol. The molecule has 1 aliphatic heterocycles. The van der Waals surface area contributed by atoms with Gasteiger partial charge in [-0.15, -0.1) is 11.3 Å². The summed E-state index contributed by atoms with van der Waals surface area (Å²) in [6.07, 6.45) is -4.43. The van der Waals surface area contributed by atoms with Crippen molar-refractivity contribution in [3.05, 3.63) is 58.1 Å². The molecule has 30 heavy (non-hydrogen) atoms. The monoisotopic (exact) mass is 436 g/mol. The number of halogens is 3. The maximum Gasteiger partial charge on any atom is 0.416 e. The number of thiophene rings is 1. The molecule has 1 saturated heterocycles. The zero-order valence-corrected chi connectivity index (χ0v) is 16.9. The molecule has 1 fully saturated rings. The van der Waals surface area contributed by atoms with Gasteiger partial charge in [-0.1, -0.05) is 23.4 Å². The summed E-state index contributed by atoms with van der Waals surface area (Å²) in [5, 5.41) is 5.74. The maximum absolute atomic E-state index is 12.9. The molecule has 0 spiro atoms. The van der Waals surface area contributed by atoms with Crippen LogP contribution in [-0.2, 0) is 6.18 Å². The first-order valence-electron chi connectivity index (χ1n) is 9.41. The van der Waals surface area contributed by atoms with Crippen molar-refractivity contribution in [2.24, 2.45) is 0 Å². The van der Waals surface area contributed by atoms with E-state index in [1.165, 1.54) is 23.5 Å². The lowest BCUT2D eigenvalue weighted by Gasteiger charge is -2.36. The summed E-state index contributed by atoms with van der Waals surface area (Å²) in [5.41, 5.74) is -0.510. The molecule has 0 N–H and O–H groups in total. The molecule has 3 heterocycles. The van der Waals surface area contributed by atoms with E-state index >= 15 is 0 Å². The van der Waals surface area contributed by atoms with Crippen molar-refractivity contribution < 1.29 is 22.5 Å². The van der Waals surface area contributed by atoms with Crippen LogP contribution in [-0.4, -0.2) is 52.0 Å². The topological polar surface area (TPSA) is 62.5 Å². The van der Waals surface area contributed by atoms with E-state index in [0.29, 0.717) is 32.1 Å². The Morgan fingerprint density at radius 3 is 2.60 bits per heavy atom. The maximum atomic E-state index is 12.9. The van der Waals surface area contributed by atoms with Gasteiger partial charge in [0.15, 0.2) is 0 Å². The molecule has 1 unspecified atom stereocenters. The van der Waals surface area contributed by atoms with Gasteiger partial charge in [-0.3, -0.25) is 9.69 Å². The Balaban J connectivity index is 1.41. The van der Waals surface area contributed by atoms with E-state index < -0.39 is 11.7 Å². The summed E-state index contributed by atoms with van der Waals surface area (Å²) in [5.74, 6) is 0.483. The highest BCUT2D eigenvalue weighted by Gasteiger charge is 2.31. The first kappa shape index (κ1) is 20.5. The first-order chi connectivity index (χ1) is 14.3. The van der Waals surface area contributed by atoms with Crippen molar-refractivity contribution in [1.82, 2.24) is 19.9 Å². The number of alkyl halides is 3. The van der Waals surface area contributed by atoms with Crippen LogP contribution >= 0.6 is 11.3 Å². The number of benzene rings is 1. The van der Waals surface area contributed by atoms with Crippen LogP contribution in [0.4, 0.5) is 13.2 Å². The number of carbonyl (C=O) groups is 1. The number of piperazine rings is 1. The highest BCUT2D eigenvalue weighted by atomic mass is 32.1. The van der Waals surface area contributed by atoms with E-state index in [-0.39, 0.29) is 23.3 Å². The molecular formula is C20H19F3N4O2S. The lowest BCUT2D eigenvalue weighted by Crippen LogP contribution is -2.49. The van der Waals surface area contributed by atoms with Gasteiger partial charge < -0.3 is 9.42 Å².